The maximum Gasteiger partial charge on any atom is 0.292 e. The van der Waals surface area contributed by atoms with Crippen LogP contribution >= 0.6 is 15.9 Å². The molecule has 2 aromatic rings. The predicted molar refractivity (Wildman–Crippen MR) is 74.9 cm³/mol. The van der Waals surface area contributed by atoms with Crippen molar-refractivity contribution in [1.82, 2.24) is 0 Å². The number of nitrogens with one attached hydrogen (secondary N) is 1. The molecule has 3 N–H and O–H groups in total. The van der Waals surface area contributed by atoms with Crippen LogP contribution < -0.4 is 11.1 Å². The van der Waals surface area contributed by atoms with E-state index >= 15 is 0 Å². The highest BCUT2D eigenvalue weighted by Gasteiger charge is 2.13. The van der Waals surface area contributed by atoms with E-state index in [2.05, 4.69) is 21.2 Å². The van der Waals surface area contributed by atoms with Gasteiger partial charge >= 0.3 is 0 Å². The fourth-order valence-electron chi connectivity index (χ4n) is 1.54. The van der Waals surface area contributed by atoms with Crippen molar-refractivity contribution >= 4 is 38.7 Å². The van der Waals surface area contributed by atoms with Gasteiger partial charge < -0.3 is 11.1 Å². The third-order valence-electron chi connectivity index (χ3n) is 2.32. The Morgan fingerprint density at radius 2 is 2.00 bits per heavy atom. The summed E-state index contributed by atoms with van der Waals surface area (Å²) >= 11 is 3.29. The first-order chi connectivity index (χ1) is 8.56. The summed E-state index contributed by atoms with van der Waals surface area (Å²) in [7, 11) is 0. The van der Waals surface area contributed by atoms with Crippen molar-refractivity contribution in [2.75, 3.05) is 11.1 Å². The van der Waals surface area contributed by atoms with Gasteiger partial charge in [-0.2, -0.15) is 0 Å². The Morgan fingerprint density at radius 1 is 1.22 bits per heavy atom. The Labute approximate surface area is 112 Å². The van der Waals surface area contributed by atoms with Crippen LogP contribution in [0.25, 0.3) is 0 Å². The molecular formula is C12H10BrN3O2. The van der Waals surface area contributed by atoms with Gasteiger partial charge in [-0.25, -0.2) is 0 Å². The van der Waals surface area contributed by atoms with Crippen LogP contribution in [0.3, 0.4) is 0 Å². The Bertz CT molecular complexity index is 602. The fourth-order valence-corrected chi connectivity index (χ4v) is 1.90. The smallest absolute Gasteiger partial charge is 0.292 e. The largest absolute Gasteiger partial charge is 0.399 e. The lowest BCUT2D eigenvalue weighted by Crippen LogP contribution is -1.97. The van der Waals surface area contributed by atoms with Gasteiger partial charge in [0.2, 0.25) is 0 Å². The van der Waals surface area contributed by atoms with E-state index in [9.17, 15) is 10.1 Å². The summed E-state index contributed by atoms with van der Waals surface area (Å²) in [5.41, 5.74) is 7.39. The van der Waals surface area contributed by atoms with Crippen molar-refractivity contribution in [3.63, 3.8) is 0 Å². The number of nitrogens with two attached hydrogens (primary N) is 1. The lowest BCUT2D eigenvalue weighted by molar-refractivity contribution is -0.383. The van der Waals surface area contributed by atoms with Gasteiger partial charge in [0, 0.05) is 21.9 Å². The molecule has 6 heteroatoms. The van der Waals surface area contributed by atoms with E-state index in [-0.39, 0.29) is 5.69 Å². The summed E-state index contributed by atoms with van der Waals surface area (Å²) in [6, 6.07) is 11.8. The summed E-state index contributed by atoms with van der Waals surface area (Å²) in [5.74, 6) is 0. The second-order valence-electron chi connectivity index (χ2n) is 3.67. The number of anilines is 3. The standard InChI is InChI=1S/C12H10BrN3O2/c13-8-4-5-12(16(17)18)11(6-8)15-10-3-1-2-9(14)7-10/h1-7,15H,14H2. The summed E-state index contributed by atoms with van der Waals surface area (Å²) in [5, 5.41) is 13.9. The zero-order chi connectivity index (χ0) is 13.1. The zero-order valence-corrected chi connectivity index (χ0v) is 10.8. The van der Waals surface area contributed by atoms with E-state index in [1.165, 1.54) is 6.07 Å². The lowest BCUT2D eigenvalue weighted by Gasteiger charge is -2.08. The minimum Gasteiger partial charge on any atom is -0.399 e. The highest BCUT2D eigenvalue weighted by molar-refractivity contribution is 9.10. The predicted octanol–water partition coefficient (Wildman–Crippen LogP) is 3.68. The van der Waals surface area contributed by atoms with Crippen molar-refractivity contribution in [3.05, 3.63) is 57.1 Å². The number of nitrogens with zero attached hydrogens (tertiary/aromatic N) is 1. The molecular weight excluding hydrogens is 298 g/mol. The van der Waals surface area contributed by atoms with Gasteiger partial charge in [-0.05, 0) is 30.3 Å². The van der Waals surface area contributed by atoms with Crippen molar-refractivity contribution < 1.29 is 4.92 Å². The van der Waals surface area contributed by atoms with Crippen LogP contribution in [0, 0.1) is 10.1 Å². The second-order valence-corrected chi connectivity index (χ2v) is 4.58. The Kier molecular flexibility index (Phi) is 3.47. The maximum atomic E-state index is 10.9. The molecule has 0 aliphatic rings. The van der Waals surface area contributed by atoms with Gasteiger partial charge in [-0.15, -0.1) is 0 Å². The number of hydrogen-bond acceptors (Lipinski definition) is 4. The molecule has 0 unspecified atom stereocenters. The number of nitrogen functional groups attached to an aromatic ring is 1. The number of rotatable bonds is 3. The summed E-state index contributed by atoms with van der Waals surface area (Å²) in [6.07, 6.45) is 0. The van der Waals surface area contributed by atoms with Crippen molar-refractivity contribution in [2.24, 2.45) is 0 Å². The van der Waals surface area contributed by atoms with Crippen molar-refractivity contribution in [1.29, 1.82) is 0 Å². The lowest BCUT2D eigenvalue weighted by atomic mass is 10.2. The Morgan fingerprint density at radius 3 is 2.67 bits per heavy atom. The van der Waals surface area contributed by atoms with Crippen molar-refractivity contribution in [3.8, 4) is 0 Å². The van der Waals surface area contributed by atoms with Gasteiger partial charge in [0.25, 0.3) is 5.69 Å². The summed E-state index contributed by atoms with van der Waals surface area (Å²) in [6.45, 7) is 0. The molecule has 18 heavy (non-hydrogen) atoms. The van der Waals surface area contributed by atoms with Crippen LogP contribution in [0.5, 0.6) is 0 Å². The molecule has 0 bridgehead atoms. The van der Waals surface area contributed by atoms with E-state index in [1.54, 1.807) is 36.4 Å². The number of benzene rings is 2. The minimum absolute atomic E-state index is 0.0145. The van der Waals surface area contributed by atoms with Crippen LogP contribution in [0.15, 0.2) is 46.9 Å². The van der Waals surface area contributed by atoms with E-state index in [1.807, 2.05) is 0 Å². The van der Waals surface area contributed by atoms with Crippen LogP contribution in [0.2, 0.25) is 0 Å². The molecule has 2 rings (SSSR count). The van der Waals surface area contributed by atoms with Gasteiger partial charge in [0.1, 0.15) is 5.69 Å². The molecule has 0 aromatic heterocycles. The minimum atomic E-state index is -0.429. The second kappa shape index (κ2) is 5.05. The molecule has 0 fully saturated rings. The molecule has 0 aliphatic heterocycles. The van der Waals surface area contributed by atoms with Gasteiger partial charge in [0.15, 0.2) is 0 Å². The average molecular weight is 308 g/mol. The molecule has 0 saturated carbocycles. The monoisotopic (exact) mass is 307 g/mol. The third kappa shape index (κ3) is 2.78. The van der Waals surface area contributed by atoms with Crippen LogP contribution in [-0.4, -0.2) is 4.92 Å². The molecule has 0 saturated heterocycles. The highest BCUT2D eigenvalue weighted by atomic mass is 79.9. The van der Waals surface area contributed by atoms with E-state index < -0.39 is 4.92 Å². The van der Waals surface area contributed by atoms with Crippen LogP contribution in [-0.2, 0) is 0 Å². The molecule has 0 spiro atoms. The van der Waals surface area contributed by atoms with Crippen LogP contribution in [0.4, 0.5) is 22.7 Å². The van der Waals surface area contributed by atoms with Gasteiger partial charge in [-0.3, -0.25) is 10.1 Å². The van der Waals surface area contributed by atoms with E-state index in [0.717, 1.165) is 4.47 Å². The fraction of sp³-hybridized carbons (Fsp3) is 0. The highest BCUT2D eigenvalue weighted by Crippen LogP contribution is 2.30. The summed E-state index contributed by atoms with van der Waals surface area (Å²) < 4.78 is 0.763. The number of nitro groups is 1. The van der Waals surface area contributed by atoms with E-state index in [4.69, 9.17) is 5.73 Å². The first-order valence-corrected chi connectivity index (χ1v) is 5.92. The molecule has 0 radical (unpaired) electrons. The summed E-state index contributed by atoms with van der Waals surface area (Å²) in [4.78, 5) is 10.5. The SMILES string of the molecule is Nc1cccc(Nc2cc(Br)ccc2[N+](=O)[O-])c1. The van der Waals surface area contributed by atoms with Crippen molar-refractivity contribution in [2.45, 2.75) is 0 Å². The number of nitro benzene ring substituents is 1. The van der Waals surface area contributed by atoms with Gasteiger partial charge in [-0.1, -0.05) is 22.0 Å². The average Bonchev–Trinajstić information content (AvgIpc) is 2.28. The normalized spacial score (nSPS) is 10.1. The molecule has 2 aromatic carbocycles. The van der Waals surface area contributed by atoms with E-state index in [0.29, 0.717) is 17.1 Å². The zero-order valence-electron chi connectivity index (χ0n) is 9.26. The molecule has 0 amide bonds. The number of hydrogen-bond donors (Lipinski definition) is 2. The molecule has 0 atom stereocenters. The first kappa shape index (κ1) is 12.4. The van der Waals surface area contributed by atoms with Gasteiger partial charge in [0.05, 0.1) is 4.92 Å². The van der Waals surface area contributed by atoms with Crippen LogP contribution in [0.1, 0.15) is 0 Å². The molecule has 0 heterocycles. The first-order valence-electron chi connectivity index (χ1n) is 5.13. The molecule has 0 aliphatic carbocycles. The molecule has 92 valence electrons. The third-order valence-corrected chi connectivity index (χ3v) is 2.81. The molecule has 5 nitrogen and oxygen atoms in total. The Hall–Kier alpha value is -2.08. The quantitative estimate of drug-likeness (QED) is 0.515. The number of halogens is 1. The topological polar surface area (TPSA) is 81.2 Å². The maximum absolute atomic E-state index is 10.9. The Balaban J connectivity index is 2.39.